The lowest BCUT2D eigenvalue weighted by Gasteiger charge is -2.32. The first-order valence-electron chi connectivity index (χ1n) is 14.4. The molecule has 6 heteroatoms. The third-order valence-electron chi connectivity index (χ3n) is 8.89. The fourth-order valence-electron chi connectivity index (χ4n) is 5.94. The number of anilines is 3. The highest BCUT2D eigenvalue weighted by atomic mass is 16.7. The standard InChI is InChI=1S/C36H30BNO4/c1-35(2)36(3,4)42-37(41-35)23-10-9-11-24(20-23)38(25-16-18-29-27-12-5-7-14-31(27)39-33(29)21-25)26-17-19-30-28-13-6-8-15-32(28)40-34(30)22-26/h5-22H,1-4H3. The van der Waals surface area contributed by atoms with Gasteiger partial charge in [-0.05, 0) is 81.7 Å². The first kappa shape index (κ1) is 25.2. The normalized spacial score (nSPS) is 16.2. The Morgan fingerprint density at radius 2 is 0.952 bits per heavy atom. The van der Waals surface area contributed by atoms with E-state index in [0.717, 1.165) is 66.4 Å². The van der Waals surface area contributed by atoms with Crippen LogP contribution in [0.3, 0.4) is 0 Å². The van der Waals surface area contributed by atoms with E-state index >= 15 is 0 Å². The largest absolute Gasteiger partial charge is 0.494 e. The summed E-state index contributed by atoms with van der Waals surface area (Å²) in [6.45, 7) is 8.31. The second-order valence-corrected chi connectivity index (χ2v) is 12.1. The molecule has 0 amide bonds. The van der Waals surface area contributed by atoms with E-state index in [0.29, 0.717) is 0 Å². The van der Waals surface area contributed by atoms with Crippen LogP contribution in [0.4, 0.5) is 17.1 Å². The maximum atomic E-state index is 6.41. The van der Waals surface area contributed by atoms with Crippen LogP contribution >= 0.6 is 0 Å². The number of hydrogen-bond donors (Lipinski definition) is 0. The first-order valence-corrected chi connectivity index (χ1v) is 14.4. The van der Waals surface area contributed by atoms with Crippen molar-refractivity contribution in [1.82, 2.24) is 0 Å². The molecular weight excluding hydrogens is 521 g/mol. The average Bonchev–Trinajstić information content (AvgIpc) is 3.61. The van der Waals surface area contributed by atoms with Crippen molar-refractivity contribution in [2.45, 2.75) is 38.9 Å². The second kappa shape index (κ2) is 8.99. The molecule has 5 aromatic carbocycles. The first-order chi connectivity index (χ1) is 20.3. The van der Waals surface area contributed by atoms with Crippen LogP contribution in [0.25, 0.3) is 43.9 Å². The van der Waals surface area contributed by atoms with Gasteiger partial charge in [0.1, 0.15) is 22.3 Å². The van der Waals surface area contributed by atoms with Gasteiger partial charge in [-0.3, -0.25) is 0 Å². The van der Waals surface area contributed by atoms with E-state index in [1.807, 2.05) is 36.4 Å². The highest BCUT2D eigenvalue weighted by Gasteiger charge is 2.51. The summed E-state index contributed by atoms with van der Waals surface area (Å²) < 4.78 is 25.4. The quantitative estimate of drug-likeness (QED) is 0.204. The third-order valence-corrected chi connectivity index (χ3v) is 8.89. The fourth-order valence-corrected chi connectivity index (χ4v) is 5.94. The smallest absolute Gasteiger partial charge is 0.456 e. The van der Waals surface area contributed by atoms with Crippen LogP contribution in [0, 0.1) is 0 Å². The molecular formula is C36H30BNO4. The predicted octanol–water partition coefficient (Wildman–Crippen LogP) is 9.25. The van der Waals surface area contributed by atoms with Gasteiger partial charge in [-0.1, -0.05) is 48.5 Å². The van der Waals surface area contributed by atoms with Gasteiger partial charge in [-0.25, -0.2) is 0 Å². The summed E-state index contributed by atoms with van der Waals surface area (Å²) >= 11 is 0. The van der Waals surface area contributed by atoms with Crippen molar-refractivity contribution in [2.75, 3.05) is 4.90 Å². The maximum absolute atomic E-state index is 6.41. The van der Waals surface area contributed by atoms with Crippen molar-refractivity contribution in [3.63, 3.8) is 0 Å². The zero-order chi connectivity index (χ0) is 28.6. The lowest BCUT2D eigenvalue weighted by atomic mass is 9.79. The number of benzene rings is 5. The SMILES string of the molecule is CC1(C)OB(c2cccc(N(c3ccc4c(c3)oc3ccccc34)c3ccc4c(c3)oc3ccccc34)c2)OC1(C)C. The van der Waals surface area contributed by atoms with Crippen LogP contribution in [0.1, 0.15) is 27.7 Å². The maximum Gasteiger partial charge on any atom is 0.494 e. The molecule has 1 aliphatic rings. The predicted molar refractivity (Wildman–Crippen MR) is 171 cm³/mol. The topological polar surface area (TPSA) is 48.0 Å². The molecule has 0 aliphatic carbocycles. The van der Waals surface area contributed by atoms with Crippen molar-refractivity contribution in [1.29, 1.82) is 0 Å². The van der Waals surface area contributed by atoms with Crippen molar-refractivity contribution in [2.24, 2.45) is 0 Å². The molecule has 0 atom stereocenters. The van der Waals surface area contributed by atoms with E-state index in [9.17, 15) is 0 Å². The Labute approximate surface area is 244 Å². The molecule has 1 aliphatic heterocycles. The lowest BCUT2D eigenvalue weighted by molar-refractivity contribution is 0.00578. The average molecular weight is 551 g/mol. The van der Waals surface area contributed by atoms with Crippen LogP contribution in [0.5, 0.6) is 0 Å². The van der Waals surface area contributed by atoms with Gasteiger partial charge in [-0.2, -0.15) is 0 Å². The number of fused-ring (bicyclic) bond motifs is 6. The molecule has 0 bridgehead atoms. The van der Waals surface area contributed by atoms with Gasteiger partial charge < -0.3 is 23.0 Å². The monoisotopic (exact) mass is 551 g/mol. The number of para-hydroxylation sites is 2. The molecule has 0 saturated carbocycles. The van der Waals surface area contributed by atoms with Crippen molar-refractivity contribution >= 4 is 73.5 Å². The molecule has 7 aromatic rings. The van der Waals surface area contributed by atoms with Gasteiger partial charge in [0.15, 0.2) is 0 Å². The van der Waals surface area contributed by atoms with Crippen molar-refractivity contribution in [3.8, 4) is 0 Å². The second-order valence-electron chi connectivity index (χ2n) is 12.1. The Kier molecular flexibility index (Phi) is 5.40. The molecule has 0 radical (unpaired) electrons. The minimum Gasteiger partial charge on any atom is -0.456 e. The molecule has 42 heavy (non-hydrogen) atoms. The van der Waals surface area contributed by atoms with Crippen LogP contribution in [-0.2, 0) is 9.31 Å². The van der Waals surface area contributed by atoms with Crippen molar-refractivity contribution < 1.29 is 18.1 Å². The van der Waals surface area contributed by atoms with Gasteiger partial charge in [0.2, 0.25) is 0 Å². The van der Waals surface area contributed by atoms with Gasteiger partial charge in [0.05, 0.1) is 11.2 Å². The van der Waals surface area contributed by atoms with Gasteiger partial charge >= 0.3 is 7.12 Å². The number of hydrogen-bond acceptors (Lipinski definition) is 5. The minimum atomic E-state index is -0.465. The lowest BCUT2D eigenvalue weighted by Crippen LogP contribution is -2.41. The number of nitrogens with zero attached hydrogens (tertiary/aromatic N) is 1. The van der Waals surface area contributed by atoms with Gasteiger partial charge in [-0.15, -0.1) is 0 Å². The van der Waals surface area contributed by atoms with Crippen LogP contribution in [-0.4, -0.2) is 18.3 Å². The molecule has 3 heterocycles. The molecule has 1 saturated heterocycles. The van der Waals surface area contributed by atoms with E-state index in [4.69, 9.17) is 18.1 Å². The minimum absolute atomic E-state index is 0.425. The fraction of sp³-hybridized carbons (Fsp3) is 0.167. The van der Waals surface area contributed by atoms with Crippen molar-refractivity contribution in [3.05, 3.63) is 109 Å². The van der Waals surface area contributed by atoms with E-state index in [-0.39, 0.29) is 0 Å². The zero-order valence-electron chi connectivity index (χ0n) is 24.0. The molecule has 0 unspecified atom stereocenters. The molecule has 8 rings (SSSR count). The number of furan rings is 2. The molecule has 2 aromatic heterocycles. The van der Waals surface area contributed by atoms with E-state index in [2.05, 4.69) is 105 Å². The van der Waals surface area contributed by atoms with E-state index in [1.165, 1.54) is 0 Å². The van der Waals surface area contributed by atoms with Gasteiger partial charge in [0.25, 0.3) is 0 Å². The Balaban J connectivity index is 1.30. The van der Waals surface area contributed by atoms with Crippen LogP contribution in [0.2, 0.25) is 0 Å². The summed E-state index contributed by atoms with van der Waals surface area (Å²) in [5.74, 6) is 0. The molecule has 0 N–H and O–H groups in total. The van der Waals surface area contributed by atoms with Crippen LogP contribution < -0.4 is 10.4 Å². The summed E-state index contributed by atoms with van der Waals surface area (Å²) in [5, 5.41) is 4.40. The molecule has 1 fully saturated rings. The summed E-state index contributed by atoms with van der Waals surface area (Å²) in [6, 6.07) is 37.5. The Morgan fingerprint density at radius 1 is 0.476 bits per heavy atom. The zero-order valence-corrected chi connectivity index (χ0v) is 24.0. The Bertz CT molecular complexity index is 2010. The third kappa shape index (κ3) is 3.87. The molecule has 206 valence electrons. The number of rotatable bonds is 4. The summed E-state index contributed by atoms with van der Waals surface area (Å²) in [6.07, 6.45) is 0. The molecule has 5 nitrogen and oxygen atoms in total. The Hall–Kier alpha value is -4.52. The van der Waals surface area contributed by atoms with E-state index < -0.39 is 18.3 Å². The highest BCUT2D eigenvalue weighted by Crippen LogP contribution is 2.41. The summed E-state index contributed by atoms with van der Waals surface area (Å²) in [7, 11) is -0.465. The van der Waals surface area contributed by atoms with Crippen LogP contribution in [0.15, 0.2) is 118 Å². The summed E-state index contributed by atoms with van der Waals surface area (Å²) in [5.41, 5.74) is 6.48. The summed E-state index contributed by atoms with van der Waals surface area (Å²) in [4.78, 5) is 2.23. The van der Waals surface area contributed by atoms with E-state index in [1.54, 1.807) is 0 Å². The van der Waals surface area contributed by atoms with Gasteiger partial charge in [0, 0.05) is 50.7 Å². The Morgan fingerprint density at radius 3 is 1.50 bits per heavy atom. The molecule has 0 spiro atoms. The highest BCUT2D eigenvalue weighted by molar-refractivity contribution is 6.62.